The number of rotatable bonds is 9. The van der Waals surface area contributed by atoms with Crippen LogP contribution in [0.15, 0.2) is 103 Å². The van der Waals surface area contributed by atoms with Crippen molar-refractivity contribution in [1.82, 2.24) is 9.88 Å². The molecule has 1 unspecified atom stereocenters. The Hall–Kier alpha value is -3.99. The van der Waals surface area contributed by atoms with Crippen LogP contribution in [0.25, 0.3) is 11.1 Å². The Morgan fingerprint density at radius 2 is 1.42 bits per heavy atom. The second kappa shape index (κ2) is 10.6. The molecular formula is C28H25FN2O2. The molecule has 0 saturated heterocycles. The van der Waals surface area contributed by atoms with Gasteiger partial charge in [-0.3, -0.25) is 9.59 Å². The Balaban J connectivity index is 1.51. The third-order valence-corrected chi connectivity index (χ3v) is 5.59. The number of carbonyl (C=O) groups excluding carboxylic acids is 2. The molecule has 0 aliphatic carbocycles. The SMILES string of the molecule is O=C(NCCc1ccccc1)C(=O)C(Cc1ccccc1)n1ccc(-c2ccc(F)cc2)c1. The molecule has 4 rings (SSSR count). The molecule has 0 fully saturated rings. The van der Waals surface area contributed by atoms with E-state index in [4.69, 9.17) is 0 Å². The summed E-state index contributed by atoms with van der Waals surface area (Å²) in [4.78, 5) is 25.9. The second-order valence-electron chi connectivity index (χ2n) is 7.92. The highest BCUT2D eigenvalue weighted by atomic mass is 19.1. The van der Waals surface area contributed by atoms with Gasteiger partial charge in [-0.2, -0.15) is 0 Å². The predicted molar refractivity (Wildman–Crippen MR) is 127 cm³/mol. The van der Waals surface area contributed by atoms with Crippen LogP contribution in [-0.2, 0) is 22.4 Å². The van der Waals surface area contributed by atoms with Crippen molar-refractivity contribution in [2.45, 2.75) is 18.9 Å². The normalized spacial score (nSPS) is 11.7. The summed E-state index contributed by atoms with van der Waals surface area (Å²) in [6.07, 6.45) is 4.67. The number of nitrogens with one attached hydrogen (secondary N) is 1. The van der Waals surface area contributed by atoms with E-state index in [0.717, 1.165) is 22.3 Å². The first-order valence-corrected chi connectivity index (χ1v) is 10.9. The molecule has 1 N–H and O–H groups in total. The fourth-order valence-corrected chi connectivity index (χ4v) is 3.79. The van der Waals surface area contributed by atoms with Gasteiger partial charge < -0.3 is 9.88 Å². The zero-order chi connectivity index (χ0) is 23.0. The minimum Gasteiger partial charge on any atom is -0.349 e. The number of hydrogen-bond donors (Lipinski definition) is 1. The molecule has 0 radical (unpaired) electrons. The number of benzene rings is 3. The van der Waals surface area contributed by atoms with Crippen LogP contribution < -0.4 is 5.32 Å². The third-order valence-electron chi connectivity index (χ3n) is 5.59. The van der Waals surface area contributed by atoms with Crippen molar-refractivity contribution < 1.29 is 14.0 Å². The predicted octanol–water partition coefficient (Wildman–Crippen LogP) is 5.01. The number of amides is 1. The molecule has 0 aliphatic rings. The molecule has 0 saturated carbocycles. The third kappa shape index (κ3) is 5.83. The van der Waals surface area contributed by atoms with E-state index < -0.39 is 17.7 Å². The maximum absolute atomic E-state index is 13.3. The number of nitrogens with zero attached hydrogens (tertiary/aromatic N) is 1. The molecule has 1 heterocycles. The summed E-state index contributed by atoms with van der Waals surface area (Å²) in [6.45, 7) is 0.388. The average molecular weight is 441 g/mol. The van der Waals surface area contributed by atoms with E-state index >= 15 is 0 Å². The lowest BCUT2D eigenvalue weighted by Gasteiger charge is -2.18. The molecule has 0 aliphatic heterocycles. The van der Waals surface area contributed by atoms with Crippen LogP contribution in [0.4, 0.5) is 4.39 Å². The Labute approximate surface area is 192 Å². The van der Waals surface area contributed by atoms with Crippen molar-refractivity contribution >= 4 is 11.7 Å². The lowest BCUT2D eigenvalue weighted by molar-refractivity contribution is -0.139. The Kier molecular flexibility index (Phi) is 7.10. The molecule has 33 heavy (non-hydrogen) atoms. The zero-order valence-corrected chi connectivity index (χ0v) is 18.2. The van der Waals surface area contributed by atoms with Crippen LogP contribution in [0, 0.1) is 5.82 Å². The number of aromatic nitrogens is 1. The van der Waals surface area contributed by atoms with Crippen LogP contribution >= 0.6 is 0 Å². The van der Waals surface area contributed by atoms with Crippen molar-refractivity contribution in [3.8, 4) is 11.1 Å². The highest BCUT2D eigenvalue weighted by molar-refractivity contribution is 6.37. The molecule has 4 nitrogen and oxygen atoms in total. The van der Waals surface area contributed by atoms with E-state index in [9.17, 15) is 14.0 Å². The number of Topliss-reactive ketones (excluding diaryl/α,β-unsaturated/α-hetero) is 1. The first-order valence-electron chi connectivity index (χ1n) is 10.9. The Morgan fingerprint density at radius 1 is 0.788 bits per heavy atom. The molecule has 0 spiro atoms. The largest absolute Gasteiger partial charge is 0.349 e. The van der Waals surface area contributed by atoms with Gasteiger partial charge in [-0.1, -0.05) is 72.8 Å². The smallest absolute Gasteiger partial charge is 0.289 e. The Bertz CT molecular complexity index is 1200. The summed E-state index contributed by atoms with van der Waals surface area (Å²) in [5.41, 5.74) is 3.75. The fourth-order valence-electron chi connectivity index (χ4n) is 3.79. The van der Waals surface area contributed by atoms with Gasteiger partial charge in [0.25, 0.3) is 5.91 Å². The van der Waals surface area contributed by atoms with Gasteiger partial charge in [-0.15, -0.1) is 0 Å². The summed E-state index contributed by atoms with van der Waals surface area (Å²) in [7, 11) is 0. The first kappa shape index (κ1) is 22.2. The second-order valence-corrected chi connectivity index (χ2v) is 7.92. The molecule has 1 amide bonds. The molecule has 5 heteroatoms. The summed E-state index contributed by atoms with van der Waals surface area (Å²) < 4.78 is 15.1. The average Bonchev–Trinajstić information content (AvgIpc) is 3.34. The summed E-state index contributed by atoms with van der Waals surface area (Å²) in [6, 6.07) is 26.8. The van der Waals surface area contributed by atoms with Crippen LogP contribution in [0.5, 0.6) is 0 Å². The van der Waals surface area contributed by atoms with Gasteiger partial charge in [0.05, 0.1) is 0 Å². The molecule has 0 bridgehead atoms. The van der Waals surface area contributed by atoms with E-state index in [0.29, 0.717) is 19.4 Å². The summed E-state index contributed by atoms with van der Waals surface area (Å²) in [5.74, 6) is -1.39. The van der Waals surface area contributed by atoms with Gasteiger partial charge in [-0.25, -0.2) is 4.39 Å². The van der Waals surface area contributed by atoms with Gasteiger partial charge in [0.15, 0.2) is 0 Å². The lowest BCUT2D eigenvalue weighted by atomic mass is 10.0. The maximum atomic E-state index is 13.3. The van der Waals surface area contributed by atoms with Gasteiger partial charge in [0, 0.05) is 25.4 Å². The van der Waals surface area contributed by atoms with E-state index in [-0.39, 0.29) is 5.82 Å². The summed E-state index contributed by atoms with van der Waals surface area (Å²) in [5, 5.41) is 2.77. The van der Waals surface area contributed by atoms with Crippen molar-refractivity contribution in [1.29, 1.82) is 0 Å². The van der Waals surface area contributed by atoms with Crippen molar-refractivity contribution in [3.05, 3.63) is 120 Å². The summed E-state index contributed by atoms with van der Waals surface area (Å²) >= 11 is 0. The van der Waals surface area contributed by atoms with E-state index in [1.807, 2.05) is 72.9 Å². The van der Waals surface area contributed by atoms with Gasteiger partial charge in [0.2, 0.25) is 5.78 Å². The number of carbonyl (C=O) groups is 2. The quantitative estimate of drug-likeness (QED) is 0.372. The van der Waals surface area contributed by atoms with Crippen molar-refractivity contribution in [3.63, 3.8) is 0 Å². The van der Waals surface area contributed by atoms with Crippen LogP contribution in [0.3, 0.4) is 0 Å². The monoisotopic (exact) mass is 440 g/mol. The minimum absolute atomic E-state index is 0.303. The fraction of sp³-hybridized carbons (Fsp3) is 0.143. The molecule has 3 aromatic carbocycles. The molecule has 166 valence electrons. The number of hydrogen-bond acceptors (Lipinski definition) is 2. The molecular weight excluding hydrogens is 415 g/mol. The van der Waals surface area contributed by atoms with Crippen molar-refractivity contribution in [2.75, 3.05) is 6.54 Å². The minimum atomic E-state index is -0.682. The van der Waals surface area contributed by atoms with Crippen molar-refractivity contribution in [2.24, 2.45) is 0 Å². The topological polar surface area (TPSA) is 51.1 Å². The Morgan fingerprint density at radius 3 is 2.09 bits per heavy atom. The van der Waals surface area contributed by atoms with E-state index in [2.05, 4.69) is 5.32 Å². The number of ketones is 1. The lowest BCUT2D eigenvalue weighted by Crippen LogP contribution is -2.38. The van der Waals surface area contributed by atoms with E-state index in [1.54, 1.807) is 22.9 Å². The highest BCUT2D eigenvalue weighted by Crippen LogP contribution is 2.24. The van der Waals surface area contributed by atoms with E-state index in [1.165, 1.54) is 12.1 Å². The van der Waals surface area contributed by atoms with Crippen LogP contribution in [0.2, 0.25) is 0 Å². The van der Waals surface area contributed by atoms with Gasteiger partial charge in [-0.05, 0) is 46.9 Å². The number of halogens is 1. The van der Waals surface area contributed by atoms with Gasteiger partial charge in [0.1, 0.15) is 11.9 Å². The zero-order valence-electron chi connectivity index (χ0n) is 18.2. The van der Waals surface area contributed by atoms with Gasteiger partial charge >= 0.3 is 0 Å². The molecule has 1 aromatic heterocycles. The molecule has 4 aromatic rings. The highest BCUT2D eigenvalue weighted by Gasteiger charge is 2.27. The first-order chi connectivity index (χ1) is 16.1. The maximum Gasteiger partial charge on any atom is 0.289 e. The van der Waals surface area contributed by atoms with Crippen LogP contribution in [-0.4, -0.2) is 22.8 Å². The standard InChI is InChI=1S/C28H25FN2O2/c29-25-13-11-23(12-14-25)24-16-18-31(20-24)26(19-22-9-5-2-6-10-22)27(32)28(33)30-17-15-21-7-3-1-4-8-21/h1-14,16,18,20,26H,15,17,19H2,(H,30,33). The molecule has 1 atom stereocenters. The van der Waals surface area contributed by atoms with Crippen LogP contribution in [0.1, 0.15) is 17.2 Å².